The second kappa shape index (κ2) is 46.8. The predicted molar refractivity (Wildman–Crippen MR) is 389 cm³/mol. The smallest absolute Gasteiger partial charge is 0.326 e. The Kier molecular flexibility index (Phi) is 40.6. The third kappa shape index (κ3) is 34.1. The summed E-state index contributed by atoms with van der Waals surface area (Å²) in [6.07, 6.45) is -3.54. The number of carbonyl (C=O) groups excluding carboxylic acids is 12. The number of benzene rings is 2. The van der Waals surface area contributed by atoms with Crippen LogP contribution in [0, 0.1) is 10.8 Å². The van der Waals surface area contributed by atoms with Crippen LogP contribution in [0.25, 0.3) is 0 Å². The number of aliphatic carboxylic acids is 1. The van der Waals surface area contributed by atoms with Crippen molar-refractivity contribution in [3.8, 4) is 11.5 Å². The first-order chi connectivity index (χ1) is 49.4. The molecule has 0 unspecified atom stereocenters. The van der Waals surface area contributed by atoms with Gasteiger partial charge in [-0.25, -0.2) is 4.79 Å². The number of rotatable bonds is 49. The molecule has 0 heterocycles. The second-order valence-electron chi connectivity index (χ2n) is 25.0. The number of carboxylic acid groups (broad SMARTS) is 1. The SMILES string of the molecule is C[C@@H](O)[C@H](NC(=O)[C@H](CCN)NC(=O)[C@H](CCCNC(=N)N)NC(=O)[C@H](CC(N)=O)NC(=O)[C@@H](NC(=O)[C@@H](N)Cc1ccc(O)cc1)C(C)(C)S)C(=O)N[C@H](CCN)C(=O)N[C@@H](CCCCN)C(=O)N[C@@H](CS)C(=O)N[C@@H](CO)C(=O)N[C@@H](CCCNC(=N)N)C(=O)N[C@@H](Cc1ccc(O)cc1)C(=O)O. The Labute approximate surface area is 616 Å². The number of nitrogens with two attached hydrogens (primary N) is 7. The highest BCUT2D eigenvalue weighted by molar-refractivity contribution is 7.81. The van der Waals surface area contributed by atoms with Crippen molar-refractivity contribution in [2.45, 2.75) is 181 Å². The van der Waals surface area contributed by atoms with Gasteiger partial charge in [-0.05, 0) is 140 Å². The van der Waals surface area contributed by atoms with Gasteiger partial charge in [-0.15, -0.1) is 0 Å². The molecular weight excluding hydrogens is 1420 g/mol. The van der Waals surface area contributed by atoms with Gasteiger partial charge in [0.1, 0.15) is 78.0 Å². The van der Waals surface area contributed by atoms with E-state index < -0.39 is 191 Å². The summed E-state index contributed by atoms with van der Waals surface area (Å²) in [7, 11) is 0. The number of aliphatic hydroxyl groups excluding tert-OH is 2. The van der Waals surface area contributed by atoms with Crippen LogP contribution in [-0.2, 0) is 75.2 Å². The topological polar surface area (TPSA) is 709 Å². The summed E-state index contributed by atoms with van der Waals surface area (Å²) in [5.74, 6) is -15.7. The van der Waals surface area contributed by atoms with E-state index in [2.05, 4.69) is 94.4 Å². The molecule has 0 saturated heterocycles. The molecule has 0 bridgehead atoms. The fraction of sp³-hybridized carbons (Fsp3) is 0.571. The van der Waals surface area contributed by atoms with Gasteiger partial charge >= 0.3 is 5.97 Å². The van der Waals surface area contributed by atoms with E-state index in [1.165, 1.54) is 62.4 Å². The van der Waals surface area contributed by atoms with Crippen LogP contribution < -0.4 is 109 Å². The second-order valence-corrected chi connectivity index (χ2v) is 26.5. The number of hydrogen-bond acceptors (Lipinski definition) is 25. The Morgan fingerprint density at radius 2 is 0.829 bits per heavy atom. The molecule has 0 radical (unpaired) electrons. The van der Waals surface area contributed by atoms with Crippen molar-refractivity contribution in [1.82, 2.24) is 69.1 Å². The van der Waals surface area contributed by atoms with Gasteiger partial charge in [0.05, 0.1) is 25.2 Å². The predicted octanol–water partition coefficient (Wildman–Crippen LogP) is -9.13. The first-order valence-corrected chi connectivity index (χ1v) is 34.5. The summed E-state index contributed by atoms with van der Waals surface area (Å²) in [6.45, 7) is 2.49. The van der Waals surface area contributed by atoms with E-state index in [9.17, 15) is 87.9 Å². The maximum Gasteiger partial charge on any atom is 0.326 e. The summed E-state index contributed by atoms with van der Waals surface area (Å²) >= 11 is 8.67. The Morgan fingerprint density at radius 3 is 1.22 bits per heavy atom. The van der Waals surface area contributed by atoms with Crippen molar-refractivity contribution in [3.63, 3.8) is 0 Å². The van der Waals surface area contributed by atoms with E-state index in [4.69, 9.17) is 51.0 Å². The van der Waals surface area contributed by atoms with Gasteiger partial charge in [0.25, 0.3) is 0 Å². The average molecular weight is 1520 g/mol. The molecule has 0 aliphatic heterocycles. The summed E-state index contributed by atoms with van der Waals surface area (Å²) < 4.78 is -1.36. The lowest BCUT2D eigenvalue weighted by Gasteiger charge is -2.32. The van der Waals surface area contributed by atoms with Crippen molar-refractivity contribution >= 4 is 114 Å². The number of primary amides is 1. The highest BCUT2D eigenvalue weighted by Crippen LogP contribution is 2.20. The number of carboxylic acids is 1. The number of unbranched alkanes of at least 4 members (excludes halogenated alkanes) is 1. The number of hydrogen-bond donors (Lipinski definition) is 29. The van der Waals surface area contributed by atoms with E-state index in [1.807, 2.05) is 0 Å². The Morgan fingerprint density at radius 1 is 0.467 bits per heavy atom. The Hall–Kier alpha value is -9.85. The number of thiol groups is 2. The first-order valence-electron chi connectivity index (χ1n) is 33.4. The maximum atomic E-state index is 14.3. The van der Waals surface area contributed by atoms with E-state index in [1.54, 1.807) is 0 Å². The van der Waals surface area contributed by atoms with Crippen LogP contribution in [0.3, 0.4) is 0 Å². The van der Waals surface area contributed by atoms with Crippen molar-refractivity contribution in [1.29, 1.82) is 10.8 Å². The fourth-order valence-electron chi connectivity index (χ4n) is 9.97. The Bertz CT molecular complexity index is 3260. The molecule has 0 aliphatic rings. The molecule has 586 valence electrons. The highest BCUT2D eigenvalue weighted by atomic mass is 32.1. The molecule has 0 aliphatic carbocycles. The summed E-state index contributed by atoms with van der Waals surface area (Å²) in [5, 5.41) is 97.0. The quantitative estimate of drug-likeness (QED) is 0.0127. The standard InChI is InChI=1S/C63H104N22O18S2/c1-31(87)47(84-54(96)41(20-23-66)78-50(92)38(9-6-24-73-61(69)70)76-55(97)42(28-46(68)90)80-59(101)48(63(2,3)105)85-49(91)36(67)26-32-11-15-34(88)16-12-32)58(100)79-40(19-22-65)53(95)75-37(8-4-5-21-64)52(94)83-45(30-104)57(99)82-44(29-86)56(98)77-39(10-7-25-74-62(71)72)51(93)81-43(60(102)103)27-33-13-17-35(89)18-14-33/h11-18,31,36-45,47-48,86-89,104-105H,4-10,19-30,64-67H2,1-3H3,(H2,68,90)(H,75,95)(H,76,97)(H,77,98)(H,78,92)(H,79,100)(H,80,101)(H,81,93)(H,82,99)(H,83,94)(H,84,96)(H,85,91)(H,102,103)(H4,69,70,73)(H4,71,72,74)/t31-,36+,37+,38+,39+,40-,41+,42+,43+,44+,45+,47+,48-/m1/s1. The van der Waals surface area contributed by atoms with E-state index in [0.29, 0.717) is 17.5 Å². The molecule has 2 rings (SSSR count). The minimum Gasteiger partial charge on any atom is -0.508 e. The van der Waals surface area contributed by atoms with Crippen LogP contribution in [0.1, 0.15) is 96.1 Å². The zero-order chi connectivity index (χ0) is 79.3. The largest absolute Gasteiger partial charge is 0.508 e. The van der Waals surface area contributed by atoms with Crippen LogP contribution in [0.15, 0.2) is 48.5 Å². The molecule has 13 atom stereocenters. The van der Waals surface area contributed by atoms with Crippen molar-refractivity contribution in [3.05, 3.63) is 59.7 Å². The third-order valence-electron chi connectivity index (χ3n) is 15.7. The molecule has 40 nitrogen and oxygen atoms in total. The highest BCUT2D eigenvalue weighted by Gasteiger charge is 2.40. The van der Waals surface area contributed by atoms with Gasteiger partial charge < -0.3 is 135 Å². The number of aromatic hydroxyl groups is 2. The molecule has 0 aromatic heterocycles. The fourth-order valence-corrected chi connectivity index (χ4v) is 10.4. The monoisotopic (exact) mass is 1520 g/mol. The number of phenols is 2. The van der Waals surface area contributed by atoms with Crippen molar-refractivity contribution < 1.29 is 87.9 Å². The van der Waals surface area contributed by atoms with Crippen LogP contribution >= 0.6 is 25.3 Å². The lowest BCUT2D eigenvalue weighted by molar-refractivity contribution is -0.142. The minimum atomic E-state index is -1.91. The number of guanidine groups is 2. The summed E-state index contributed by atoms with van der Waals surface area (Å²) in [4.78, 5) is 178. The third-order valence-corrected chi connectivity index (χ3v) is 16.3. The molecule has 34 N–H and O–H groups in total. The van der Waals surface area contributed by atoms with E-state index >= 15 is 0 Å². The zero-order valence-corrected chi connectivity index (χ0v) is 60.3. The van der Waals surface area contributed by atoms with Gasteiger partial charge in [-0.3, -0.25) is 68.4 Å². The maximum absolute atomic E-state index is 14.3. The van der Waals surface area contributed by atoms with Crippen LogP contribution in [0.4, 0.5) is 0 Å². The molecule has 42 heteroatoms. The average Bonchev–Trinajstić information content (AvgIpc) is 0.832. The lowest BCUT2D eigenvalue weighted by atomic mass is 9.99. The molecule has 2 aromatic rings. The number of nitrogens with one attached hydrogen (secondary N) is 15. The molecule has 0 spiro atoms. The Balaban J connectivity index is 2.37. The lowest BCUT2D eigenvalue weighted by Crippen LogP contribution is -2.63. The molecule has 2 aromatic carbocycles. The number of amides is 12. The molecule has 12 amide bonds. The first kappa shape index (κ1) is 91.2. The molecular formula is C63H104N22O18S2. The number of carbonyl (C=O) groups is 13. The van der Waals surface area contributed by atoms with Gasteiger partial charge in [0, 0.05) is 30.0 Å². The van der Waals surface area contributed by atoms with Gasteiger partial charge in [-0.1, -0.05) is 24.3 Å². The zero-order valence-electron chi connectivity index (χ0n) is 58.5. The number of aliphatic hydroxyl groups is 2. The molecule has 0 saturated carbocycles. The van der Waals surface area contributed by atoms with Gasteiger partial charge in [0.15, 0.2) is 11.9 Å². The van der Waals surface area contributed by atoms with Crippen LogP contribution in [0.2, 0.25) is 0 Å². The number of phenolic OH excluding ortho intramolecular Hbond substituents is 2. The van der Waals surface area contributed by atoms with Crippen LogP contribution in [0.5, 0.6) is 11.5 Å². The molecule has 105 heavy (non-hydrogen) atoms. The molecule has 0 fully saturated rings. The minimum absolute atomic E-state index is 0.00229. The van der Waals surface area contributed by atoms with E-state index in [0.717, 1.165) is 6.92 Å². The van der Waals surface area contributed by atoms with Crippen LogP contribution in [-0.4, -0.2) is 243 Å². The van der Waals surface area contributed by atoms with E-state index in [-0.39, 0.29) is 108 Å². The van der Waals surface area contributed by atoms with Crippen molar-refractivity contribution in [2.75, 3.05) is 45.1 Å². The summed E-state index contributed by atoms with van der Waals surface area (Å²) in [5.41, 5.74) is 40.9. The van der Waals surface area contributed by atoms with Crippen molar-refractivity contribution in [2.24, 2.45) is 40.1 Å². The normalized spacial score (nSPS) is 14.9. The summed E-state index contributed by atoms with van der Waals surface area (Å²) in [6, 6.07) is -7.98. The van der Waals surface area contributed by atoms with Gasteiger partial charge in [0.2, 0.25) is 70.9 Å². The van der Waals surface area contributed by atoms with Gasteiger partial charge in [-0.2, -0.15) is 25.3 Å².